The van der Waals surface area contributed by atoms with Gasteiger partial charge in [0, 0.05) is 29.6 Å². The summed E-state index contributed by atoms with van der Waals surface area (Å²) in [6.07, 6.45) is -11.8. The molecule has 5 N–H and O–H groups in total. The van der Waals surface area contributed by atoms with Gasteiger partial charge in [0.05, 0.1) is 42.6 Å². The fraction of sp³-hybridized carbons (Fsp3) is 0.565. The number of esters is 3. The molecule has 11 atom stereocenters. The van der Waals surface area contributed by atoms with Crippen molar-refractivity contribution in [2.24, 2.45) is 22.2 Å². The normalized spacial score (nSPS) is 32.2. The van der Waals surface area contributed by atoms with E-state index >= 15 is 0 Å². The van der Waals surface area contributed by atoms with Gasteiger partial charge in [-0.25, -0.2) is 14.4 Å². The van der Waals surface area contributed by atoms with E-state index in [0.717, 1.165) is 0 Å². The summed E-state index contributed by atoms with van der Waals surface area (Å²) >= 11 is 0. The minimum Gasteiger partial charge on any atom is -0.481 e. The van der Waals surface area contributed by atoms with Crippen molar-refractivity contribution < 1.29 is 72.9 Å². The summed E-state index contributed by atoms with van der Waals surface area (Å²) in [5.41, 5.74) is -7.08. The highest BCUT2D eigenvalue weighted by Gasteiger charge is 2.75. The molecule has 2 saturated carbocycles. The third kappa shape index (κ3) is 8.25. The van der Waals surface area contributed by atoms with Crippen LogP contribution >= 0.6 is 0 Å². The van der Waals surface area contributed by atoms with Crippen LogP contribution in [0.2, 0.25) is 0 Å². The van der Waals surface area contributed by atoms with E-state index in [1.54, 1.807) is 83.1 Å². The van der Waals surface area contributed by atoms with Gasteiger partial charge in [0.15, 0.2) is 5.78 Å². The van der Waals surface area contributed by atoms with Crippen LogP contribution < -0.4 is 5.32 Å². The van der Waals surface area contributed by atoms with E-state index in [1.165, 1.54) is 26.0 Å². The number of aliphatic carboxylic acids is 1. The molecule has 336 valence electrons. The lowest BCUT2D eigenvalue weighted by Crippen LogP contribution is -2.77. The van der Waals surface area contributed by atoms with E-state index in [1.807, 2.05) is 6.92 Å². The van der Waals surface area contributed by atoms with E-state index in [4.69, 9.17) is 23.7 Å². The molecule has 0 aromatic heterocycles. The number of carboxylic acid groups (broad SMARTS) is 1. The van der Waals surface area contributed by atoms with E-state index in [-0.39, 0.29) is 35.3 Å². The number of ether oxygens (including phenoxy) is 5. The van der Waals surface area contributed by atoms with Crippen molar-refractivity contribution in [3.63, 3.8) is 0 Å². The maximum Gasteiger partial charge on any atom is 0.408 e. The molecular formula is C46H57NO15. The van der Waals surface area contributed by atoms with Gasteiger partial charge in [0.1, 0.15) is 35.6 Å². The number of rotatable bonds is 11. The maximum atomic E-state index is 15.0. The Labute approximate surface area is 359 Å². The van der Waals surface area contributed by atoms with Crippen molar-refractivity contribution >= 4 is 35.8 Å². The van der Waals surface area contributed by atoms with Gasteiger partial charge in [-0.2, -0.15) is 0 Å². The van der Waals surface area contributed by atoms with Crippen LogP contribution in [0, 0.1) is 22.2 Å². The molecule has 62 heavy (non-hydrogen) atoms. The highest BCUT2D eigenvalue weighted by Crippen LogP contribution is 2.65. The quantitative estimate of drug-likeness (QED) is 0.120. The Kier molecular flexibility index (Phi) is 12.6. The second-order valence-corrected chi connectivity index (χ2v) is 18.9. The molecule has 2 aromatic carbocycles. The monoisotopic (exact) mass is 863 g/mol. The number of ketones is 1. The molecule has 1 amide bonds. The molecule has 4 aliphatic rings. The Morgan fingerprint density at radius 3 is 2.10 bits per heavy atom. The van der Waals surface area contributed by atoms with Gasteiger partial charge in [-0.1, -0.05) is 69.3 Å². The number of carboxylic acids is 1. The minimum absolute atomic E-state index is 0.0356. The second kappa shape index (κ2) is 16.8. The summed E-state index contributed by atoms with van der Waals surface area (Å²) in [6, 6.07) is 14.5. The first-order valence-electron chi connectivity index (χ1n) is 20.7. The van der Waals surface area contributed by atoms with Crippen LogP contribution in [0.25, 0.3) is 0 Å². The first-order chi connectivity index (χ1) is 28.9. The van der Waals surface area contributed by atoms with Crippen LogP contribution in [-0.2, 0) is 42.9 Å². The van der Waals surface area contributed by atoms with Gasteiger partial charge in [-0.15, -0.1) is 0 Å². The standard InChI is InChI=1S/C46H57NO15/c1-24-27(59-40(55)35(60-31(51)20-19-30(49)50)33(25-15-11-9-12-16-25)47-41(56)62-42(2,3)4)22-46(57)38(61-39(54)26-17-13-10-14-18-26)36-44(7)23-58-29(44)21-28(48)45(36,8)37(53)34(52)32(24)43(46,5)6/h9-18,27-29,33-36,38,48,52,57H,19-23H2,1-8H3,(H,47,56)(H,49,50)/t27-,28-,29+,33-,34+,35+,36+,38-,44+,45+,46+/m0/s1. The van der Waals surface area contributed by atoms with Gasteiger partial charge < -0.3 is 49.4 Å². The summed E-state index contributed by atoms with van der Waals surface area (Å²) in [5, 5.41) is 49.5. The lowest BCUT2D eigenvalue weighted by molar-refractivity contribution is -0.313. The molecular weight excluding hydrogens is 806 g/mol. The number of aliphatic hydroxyl groups is 3. The summed E-state index contributed by atoms with van der Waals surface area (Å²) < 4.78 is 29.6. The lowest BCUT2D eigenvalue weighted by atomic mass is 9.42. The third-order valence-corrected chi connectivity index (χ3v) is 13.5. The molecule has 2 bridgehead atoms. The van der Waals surface area contributed by atoms with Crippen molar-refractivity contribution in [1.29, 1.82) is 0 Å². The molecule has 2 aromatic rings. The minimum atomic E-state index is -2.26. The van der Waals surface area contributed by atoms with Crippen molar-refractivity contribution in [3.05, 3.63) is 82.9 Å². The predicted octanol–water partition coefficient (Wildman–Crippen LogP) is 4.38. The number of benzene rings is 2. The largest absolute Gasteiger partial charge is 0.481 e. The summed E-state index contributed by atoms with van der Waals surface area (Å²) in [5.74, 6) is -6.47. The Balaban J connectivity index is 1.49. The van der Waals surface area contributed by atoms with Crippen LogP contribution in [0.1, 0.15) is 103 Å². The number of Topliss-reactive ketones (excluding diaryl/α,β-unsaturated/α-hetero) is 1. The van der Waals surface area contributed by atoms with Crippen LogP contribution in [0.15, 0.2) is 71.8 Å². The first kappa shape index (κ1) is 46.3. The van der Waals surface area contributed by atoms with Crippen molar-refractivity contribution in [2.75, 3.05) is 6.61 Å². The number of alkyl carbamates (subject to hydrolysis) is 1. The lowest BCUT2D eigenvalue weighted by Gasteiger charge is -2.68. The smallest absolute Gasteiger partial charge is 0.408 e. The zero-order valence-electron chi connectivity index (χ0n) is 36.2. The topological polar surface area (TPSA) is 242 Å². The van der Waals surface area contributed by atoms with Crippen molar-refractivity contribution in [3.8, 4) is 0 Å². The number of amides is 1. The average molecular weight is 864 g/mol. The van der Waals surface area contributed by atoms with Gasteiger partial charge in [-0.05, 0) is 63.5 Å². The van der Waals surface area contributed by atoms with Crippen LogP contribution in [0.4, 0.5) is 4.79 Å². The van der Waals surface area contributed by atoms with Crippen LogP contribution in [0.3, 0.4) is 0 Å². The van der Waals surface area contributed by atoms with Crippen molar-refractivity contribution in [1.82, 2.24) is 5.32 Å². The van der Waals surface area contributed by atoms with Crippen LogP contribution in [0.5, 0.6) is 0 Å². The zero-order chi connectivity index (χ0) is 45.7. The molecule has 1 heterocycles. The molecule has 16 heteroatoms. The highest BCUT2D eigenvalue weighted by atomic mass is 16.6. The Morgan fingerprint density at radius 1 is 0.919 bits per heavy atom. The molecule has 6 rings (SSSR count). The molecule has 16 nitrogen and oxygen atoms in total. The Morgan fingerprint density at radius 2 is 1.53 bits per heavy atom. The molecule has 0 spiro atoms. The van der Waals surface area contributed by atoms with E-state index in [9.17, 15) is 49.2 Å². The second-order valence-electron chi connectivity index (χ2n) is 18.9. The number of carbonyl (C=O) groups excluding carboxylic acids is 5. The Bertz CT molecular complexity index is 2110. The van der Waals surface area contributed by atoms with E-state index < -0.39 is 131 Å². The predicted molar refractivity (Wildman–Crippen MR) is 218 cm³/mol. The van der Waals surface area contributed by atoms with E-state index in [0.29, 0.717) is 0 Å². The average Bonchev–Trinajstić information content (AvgIpc) is 3.20. The SMILES string of the molecule is CC1=C2[C@@H](O)C(=O)[C@@]3(C)[C@H]([C@H](OC(=O)c4ccccc4)[C@](O)(C[C@@H]1OC(=O)[C@H](OC(=O)CCC(=O)O)[C@@H](NC(=O)OC(C)(C)C)c1ccccc1)C2(C)C)[C@]1(C)CO[C@@H]1C[C@@H]3O. The van der Waals surface area contributed by atoms with Gasteiger partial charge in [-0.3, -0.25) is 14.4 Å². The Hall–Kier alpha value is -5.16. The van der Waals surface area contributed by atoms with Crippen LogP contribution in [-0.4, -0.2) is 111 Å². The molecule has 0 radical (unpaired) electrons. The summed E-state index contributed by atoms with van der Waals surface area (Å²) in [7, 11) is 0. The zero-order valence-corrected chi connectivity index (χ0v) is 36.2. The molecule has 0 unspecified atom stereocenters. The highest BCUT2D eigenvalue weighted by molar-refractivity contribution is 5.94. The van der Waals surface area contributed by atoms with E-state index in [2.05, 4.69) is 5.32 Å². The van der Waals surface area contributed by atoms with Gasteiger partial charge >= 0.3 is 30.0 Å². The van der Waals surface area contributed by atoms with Crippen molar-refractivity contribution in [2.45, 2.75) is 135 Å². The molecule has 3 fully saturated rings. The molecule has 3 aliphatic carbocycles. The van der Waals surface area contributed by atoms with Gasteiger partial charge in [0.25, 0.3) is 0 Å². The number of fused-ring (bicyclic) bond motifs is 5. The number of nitrogens with one attached hydrogen (secondary N) is 1. The summed E-state index contributed by atoms with van der Waals surface area (Å²) in [6.45, 7) is 12.9. The van der Waals surface area contributed by atoms with Gasteiger partial charge in [0.2, 0.25) is 6.10 Å². The number of hydrogen-bond donors (Lipinski definition) is 5. The number of aliphatic hydroxyl groups excluding tert-OH is 2. The summed E-state index contributed by atoms with van der Waals surface area (Å²) in [4.78, 5) is 81.8. The fourth-order valence-corrected chi connectivity index (χ4v) is 10.1. The third-order valence-electron chi connectivity index (χ3n) is 13.5. The fourth-order valence-electron chi connectivity index (χ4n) is 10.1. The first-order valence-corrected chi connectivity index (χ1v) is 20.7. The number of hydrogen-bond acceptors (Lipinski definition) is 14. The molecule has 1 saturated heterocycles. The maximum absolute atomic E-state index is 15.0. The number of carbonyl (C=O) groups is 6. The molecule has 1 aliphatic heterocycles.